The monoisotopic (exact) mass is 260 g/mol. The van der Waals surface area contributed by atoms with Gasteiger partial charge in [0.25, 0.3) is 0 Å². The third-order valence-corrected chi connectivity index (χ3v) is 5.11. The molecular weight excluding hydrogens is 232 g/mol. The van der Waals surface area contributed by atoms with Crippen LogP contribution in [0.2, 0.25) is 0 Å². The number of methoxy groups -OCH3 is 1. The first-order valence-electron chi connectivity index (χ1n) is 6.55. The molecule has 17 heavy (non-hydrogen) atoms. The van der Waals surface area contributed by atoms with Crippen LogP contribution in [-0.2, 0) is 4.74 Å². The predicted molar refractivity (Wildman–Crippen MR) is 76.9 cm³/mol. The zero-order valence-electron chi connectivity index (χ0n) is 12.0. The van der Waals surface area contributed by atoms with Gasteiger partial charge in [0.15, 0.2) is 0 Å². The van der Waals surface area contributed by atoms with E-state index in [1.54, 1.807) is 7.11 Å². The molecular formula is C13H28N2OS. The van der Waals surface area contributed by atoms with Crippen LogP contribution in [0.3, 0.4) is 0 Å². The van der Waals surface area contributed by atoms with E-state index in [2.05, 4.69) is 42.7 Å². The van der Waals surface area contributed by atoms with Crippen molar-refractivity contribution < 1.29 is 4.74 Å². The van der Waals surface area contributed by atoms with Crippen LogP contribution in [0.25, 0.3) is 0 Å². The van der Waals surface area contributed by atoms with Gasteiger partial charge in [-0.1, -0.05) is 0 Å². The summed E-state index contributed by atoms with van der Waals surface area (Å²) in [4.78, 5) is 2.60. The van der Waals surface area contributed by atoms with Crippen molar-refractivity contribution in [2.45, 2.75) is 44.9 Å². The fourth-order valence-corrected chi connectivity index (χ4v) is 3.45. The first-order chi connectivity index (χ1) is 8.01. The van der Waals surface area contributed by atoms with Crippen molar-refractivity contribution in [3.05, 3.63) is 0 Å². The second-order valence-corrected chi connectivity index (χ2v) is 6.55. The van der Waals surface area contributed by atoms with Crippen molar-refractivity contribution in [1.29, 1.82) is 0 Å². The lowest BCUT2D eigenvalue weighted by molar-refractivity contribution is -0.0133. The molecule has 0 aromatic carbocycles. The van der Waals surface area contributed by atoms with Crippen LogP contribution in [0.5, 0.6) is 0 Å². The molecule has 4 heteroatoms. The normalized spacial score (nSPS) is 24.9. The van der Waals surface area contributed by atoms with Crippen molar-refractivity contribution in [2.75, 3.05) is 38.8 Å². The van der Waals surface area contributed by atoms with E-state index in [1.165, 1.54) is 24.6 Å². The Hall–Kier alpha value is 0.230. The van der Waals surface area contributed by atoms with Gasteiger partial charge in [-0.2, -0.15) is 11.8 Å². The van der Waals surface area contributed by atoms with Crippen LogP contribution in [-0.4, -0.2) is 61.3 Å². The maximum atomic E-state index is 5.57. The Morgan fingerprint density at radius 1 is 1.53 bits per heavy atom. The van der Waals surface area contributed by atoms with Gasteiger partial charge in [-0.15, -0.1) is 0 Å². The van der Waals surface area contributed by atoms with Crippen molar-refractivity contribution in [2.24, 2.45) is 0 Å². The summed E-state index contributed by atoms with van der Waals surface area (Å²) < 4.78 is 5.57. The lowest BCUT2D eigenvalue weighted by Gasteiger charge is -2.37. The number of thioether (sulfide) groups is 1. The molecule has 1 rings (SSSR count). The van der Waals surface area contributed by atoms with Gasteiger partial charge in [0.05, 0.1) is 5.60 Å². The Bertz CT molecular complexity index is 223. The summed E-state index contributed by atoms with van der Waals surface area (Å²) in [5.74, 6) is 2.56. The van der Waals surface area contributed by atoms with Gasteiger partial charge >= 0.3 is 0 Å². The SMILES string of the molecule is CNC(CCN1CCSCC1C)C(C)(C)OC. The molecule has 0 amide bonds. The fraction of sp³-hybridized carbons (Fsp3) is 1.00. The van der Waals surface area contributed by atoms with Gasteiger partial charge in [0.1, 0.15) is 0 Å². The van der Waals surface area contributed by atoms with E-state index in [1.807, 2.05) is 7.05 Å². The molecule has 3 nitrogen and oxygen atoms in total. The number of hydrogen-bond donors (Lipinski definition) is 1. The molecule has 1 aliphatic rings. The molecule has 1 heterocycles. The molecule has 0 spiro atoms. The lowest BCUT2D eigenvalue weighted by atomic mass is 9.95. The summed E-state index contributed by atoms with van der Waals surface area (Å²) in [6.45, 7) is 9.05. The number of ether oxygens (including phenoxy) is 1. The van der Waals surface area contributed by atoms with Crippen LogP contribution >= 0.6 is 11.8 Å². The van der Waals surface area contributed by atoms with Gasteiger partial charge in [-0.05, 0) is 34.2 Å². The Morgan fingerprint density at radius 3 is 2.76 bits per heavy atom. The fourth-order valence-electron chi connectivity index (χ4n) is 2.37. The highest BCUT2D eigenvalue weighted by atomic mass is 32.2. The summed E-state index contributed by atoms with van der Waals surface area (Å²) in [5.41, 5.74) is -0.0947. The topological polar surface area (TPSA) is 24.5 Å². The highest BCUT2D eigenvalue weighted by Gasteiger charge is 2.29. The molecule has 0 radical (unpaired) electrons. The van der Waals surface area contributed by atoms with E-state index < -0.39 is 0 Å². The van der Waals surface area contributed by atoms with Gasteiger partial charge in [-0.3, -0.25) is 4.90 Å². The summed E-state index contributed by atoms with van der Waals surface area (Å²) >= 11 is 2.07. The van der Waals surface area contributed by atoms with Crippen LogP contribution in [0.4, 0.5) is 0 Å². The standard InChI is InChI=1S/C13H28N2OS/c1-11-10-17-9-8-15(11)7-6-12(14-4)13(2,3)16-5/h11-12,14H,6-10H2,1-5H3. The second kappa shape index (κ2) is 6.98. The third kappa shape index (κ3) is 4.43. The van der Waals surface area contributed by atoms with Crippen molar-refractivity contribution in [1.82, 2.24) is 10.2 Å². The largest absolute Gasteiger partial charge is 0.377 e. The third-order valence-electron chi connectivity index (χ3n) is 3.92. The molecule has 1 aliphatic heterocycles. The van der Waals surface area contributed by atoms with Crippen molar-refractivity contribution >= 4 is 11.8 Å². The number of nitrogens with zero attached hydrogens (tertiary/aromatic N) is 1. The number of likely N-dealkylation sites (N-methyl/N-ethyl adjacent to an activating group) is 1. The van der Waals surface area contributed by atoms with Crippen LogP contribution in [0, 0.1) is 0 Å². The summed E-state index contributed by atoms with van der Waals surface area (Å²) in [6, 6.07) is 1.13. The van der Waals surface area contributed by atoms with Crippen LogP contribution < -0.4 is 5.32 Å². The van der Waals surface area contributed by atoms with E-state index in [-0.39, 0.29) is 5.60 Å². The molecule has 2 unspecified atom stereocenters. The van der Waals surface area contributed by atoms with Crippen LogP contribution in [0.1, 0.15) is 27.2 Å². The zero-order valence-corrected chi connectivity index (χ0v) is 12.8. The molecule has 0 aliphatic carbocycles. The molecule has 0 bridgehead atoms. The maximum Gasteiger partial charge on any atom is 0.0775 e. The van der Waals surface area contributed by atoms with E-state index in [0.29, 0.717) is 6.04 Å². The molecule has 102 valence electrons. The minimum absolute atomic E-state index is 0.0947. The molecule has 0 aromatic rings. The number of rotatable bonds is 6. The zero-order chi connectivity index (χ0) is 12.9. The molecule has 0 saturated carbocycles. The summed E-state index contributed by atoms with van der Waals surface area (Å²) in [7, 11) is 3.82. The maximum absolute atomic E-state index is 5.57. The Labute approximate surface area is 111 Å². The van der Waals surface area contributed by atoms with Gasteiger partial charge in [0, 0.05) is 43.8 Å². The molecule has 0 aromatic heterocycles. The van der Waals surface area contributed by atoms with Gasteiger partial charge in [-0.25, -0.2) is 0 Å². The minimum atomic E-state index is -0.0947. The molecule has 1 fully saturated rings. The minimum Gasteiger partial charge on any atom is -0.377 e. The first-order valence-corrected chi connectivity index (χ1v) is 7.71. The lowest BCUT2D eigenvalue weighted by Crippen LogP contribution is -2.50. The Morgan fingerprint density at radius 2 is 2.24 bits per heavy atom. The van der Waals surface area contributed by atoms with Gasteiger partial charge in [0.2, 0.25) is 0 Å². The first kappa shape index (κ1) is 15.3. The van der Waals surface area contributed by atoms with E-state index >= 15 is 0 Å². The number of hydrogen-bond acceptors (Lipinski definition) is 4. The molecule has 1 saturated heterocycles. The van der Waals surface area contributed by atoms with E-state index in [0.717, 1.165) is 12.5 Å². The summed E-state index contributed by atoms with van der Waals surface area (Å²) in [6.07, 6.45) is 1.15. The molecule has 2 atom stereocenters. The van der Waals surface area contributed by atoms with E-state index in [9.17, 15) is 0 Å². The Balaban J connectivity index is 2.41. The predicted octanol–water partition coefficient (Wildman–Crippen LogP) is 1.83. The van der Waals surface area contributed by atoms with E-state index in [4.69, 9.17) is 4.74 Å². The number of nitrogens with one attached hydrogen (secondary N) is 1. The highest BCUT2D eigenvalue weighted by Crippen LogP contribution is 2.20. The Kier molecular flexibility index (Phi) is 6.27. The average Bonchev–Trinajstić information content (AvgIpc) is 2.32. The average molecular weight is 260 g/mol. The van der Waals surface area contributed by atoms with Crippen molar-refractivity contribution in [3.8, 4) is 0 Å². The summed E-state index contributed by atoms with van der Waals surface area (Å²) in [5, 5.41) is 3.39. The highest BCUT2D eigenvalue weighted by molar-refractivity contribution is 7.99. The van der Waals surface area contributed by atoms with Crippen molar-refractivity contribution in [3.63, 3.8) is 0 Å². The molecule has 1 N–H and O–H groups in total. The van der Waals surface area contributed by atoms with Crippen LogP contribution in [0.15, 0.2) is 0 Å². The smallest absolute Gasteiger partial charge is 0.0775 e. The van der Waals surface area contributed by atoms with Gasteiger partial charge < -0.3 is 10.1 Å². The second-order valence-electron chi connectivity index (χ2n) is 5.40. The quantitative estimate of drug-likeness (QED) is 0.787.